The number of para-hydroxylation sites is 1. The molecule has 0 atom stereocenters. The molecule has 3 aromatic rings. The van der Waals surface area contributed by atoms with Gasteiger partial charge in [-0.25, -0.2) is 15.0 Å². The number of aryl methyl sites for hydroxylation is 2. The number of nitrogens with one attached hydrogen (secondary N) is 1. The second kappa shape index (κ2) is 4.73. The summed E-state index contributed by atoms with van der Waals surface area (Å²) in [6, 6.07) is 9.50. The van der Waals surface area contributed by atoms with E-state index in [0.717, 1.165) is 22.3 Å². The highest BCUT2D eigenvalue weighted by molar-refractivity contribution is 5.88. The third-order valence-electron chi connectivity index (χ3n) is 2.84. The van der Waals surface area contributed by atoms with Crippen molar-refractivity contribution in [3.05, 3.63) is 41.7 Å². The van der Waals surface area contributed by atoms with Crippen LogP contribution in [0.25, 0.3) is 10.9 Å². The Kier molecular flexibility index (Phi) is 2.90. The van der Waals surface area contributed by atoms with Gasteiger partial charge in [0.1, 0.15) is 5.82 Å². The average Bonchev–Trinajstić information content (AvgIpc) is 2.37. The number of hydrogen-bond donors (Lipinski definition) is 2. The molecule has 0 aliphatic heterocycles. The van der Waals surface area contributed by atoms with Gasteiger partial charge >= 0.3 is 0 Å². The third-order valence-corrected chi connectivity index (χ3v) is 2.84. The lowest BCUT2D eigenvalue weighted by Crippen LogP contribution is -2.05. The van der Waals surface area contributed by atoms with Crippen molar-refractivity contribution < 1.29 is 0 Å². The summed E-state index contributed by atoms with van der Waals surface area (Å²) in [5.74, 6) is 1.30. The number of nitrogens with two attached hydrogens (primary N) is 1. The molecule has 2 heterocycles. The van der Waals surface area contributed by atoms with E-state index in [9.17, 15) is 0 Å². The molecule has 0 saturated heterocycles. The molecule has 0 spiro atoms. The summed E-state index contributed by atoms with van der Waals surface area (Å²) in [4.78, 5) is 17.2. The van der Waals surface area contributed by atoms with E-state index in [1.54, 1.807) is 0 Å². The van der Waals surface area contributed by atoms with Crippen LogP contribution in [0.1, 0.15) is 11.4 Å². The lowest BCUT2D eigenvalue weighted by Gasteiger charge is -2.07. The fourth-order valence-corrected chi connectivity index (χ4v) is 2.04. The van der Waals surface area contributed by atoms with E-state index < -0.39 is 0 Å². The Morgan fingerprint density at radius 2 is 1.55 bits per heavy atom. The molecule has 0 fully saturated rings. The predicted molar refractivity (Wildman–Crippen MR) is 78.7 cm³/mol. The number of fused-ring (bicyclic) bond motifs is 1. The van der Waals surface area contributed by atoms with Crippen LogP contribution in [0.5, 0.6) is 0 Å². The maximum Gasteiger partial charge on any atom is 0.232 e. The highest BCUT2D eigenvalue weighted by atomic mass is 15.2. The van der Waals surface area contributed by atoms with Gasteiger partial charge < -0.3 is 5.73 Å². The molecule has 3 rings (SSSR count). The fraction of sp³-hybridized carbons (Fsp3) is 0.143. The summed E-state index contributed by atoms with van der Waals surface area (Å²) >= 11 is 0. The Bertz CT molecular complexity index is 763. The Hall–Kier alpha value is -2.76. The zero-order valence-corrected chi connectivity index (χ0v) is 11.3. The second-order valence-electron chi connectivity index (χ2n) is 4.55. The Morgan fingerprint density at radius 3 is 2.30 bits per heavy atom. The maximum absolute atomic E-state index is 5.94. The van der Waals surface area contributed by atoms with Crippen LogP contribution < -0.4 is 11.1 Å². The molecule has 0 amide bonds. The number of aromatic nitrogens is 4. The molecule has 0 bridgehead atoms. The molecule has 0 radical (unpaired) electrons. The van der Waals surface area contributed by atoms with Crippen molar-refractivity contribution in [2.75, 3.05) is 11.1 Å². The van der Waals surface area contributed by atoms with Gasteiger partial charge in [0.25, 0.3) is 0 Å². The third kappa shape index (κ3) is 2.35. The minimum absolute atomic E-state index is 0.395. The molecular weight excluding hydrogens is 252 g/mol. The summed E-state index contributed by atoms with van der Waals surface area (Å²) < 4.78 is 0. The SMILES string of the molecule is Cc1cc(C)nc(Nc2nc(N)c3ccccc3n2)n1. The summed E-state index contributed by atoms with van der Waals surface area (Å²) in [5.41, 5.74) is 8.49. The van der Waals surface area contributed by atoms with E-state index >= 15 is 0 Å². The highest BCUT2D eigenvalue weighted by Crippen LogP contribution is 2.20. The number of nitrogens with zero attached hydrogens (tertiary/aromatic N) is 4. The van der Waals surface area contributed by atoms with E-state index in [1.807, 2.05) is 44.2 Å². The van der Waals surface area contributed by atoms with Gasteiger partial charge in [-0.05, 0) is 32.0 Å². The number of anilines is 3. The van der Waals surface area contributed by atoms with Gasteiger partial charge in [-0.2, -0.15) is 4.98 Å². The normalized spacial score (nSPS) is 10.7. The van der Waals surface area contributed by atoms with Crippen LogP contribution >= 0.6 is 0 Å². The van der Waals surface area contributed by atoms with Crippen molar-refractivity contribution in [2.24, 2.45) is 0 Å². The van der Waals surface area contributed by atoms with Crippen LogP contribution in [0, 0.1) is 13.8 Å². The van der Waals surface area contributed by atoms with Crippen molar-refractivity contribution in [3.8, 4) is 0 Å². The first kappa shape index (κ1) is 12.3. The number of benzene rings is 1. The van der Waals surface area contributed by atoms with Gasteiger partial charge in [-0.15, -0.1) is 0 Å². The van der Waals surface area contributed by atoms with E-state index in [0.29, 0.717) is 17.7 Å². The predicted octanol–water partition coefficient (Wildman–Crippen LogP) is 2.36. The van der Waals surface area contributed by atoms with Crippen LogP contribution in [-0.4, -0.2) is 19.9 Å². The van der Waals surface area contributed by atoms with Gasteiger partial charge in [0, 0.05) is 16.8 Å². The highest BCUT2D eigenvalue weighted by Gasteiger charge is 2.06. The van der Waals surface area contributed by atoms with Crippen molar-refractivity contribution in [1.29, 1.82) is 0 Å². The topological polar surface area (TPSA) is 89.6 Å². The van der Waals surface area contributed by atoms with Gasteiger partial charge in [0.2, 0.25) is 11.9 Å². The van der Waals surface area contributed by atoms with Gasteiger partial charge in [-0.1, -0.05) is 12.1 Å². The number of nitrogen functional groups attached to an aromatic ring is 1. The molecule has 100 valence electrons. The number of rotatable bonds is 2. The fourth-order valence-electron chi connectivity index (χ4n) is 2.04. The molecule has 6 nitrogen and oxygen atoms in total. The van der Waals surface area contributed by atoms with E-state index in [2.05, 4.69) is 25.3 Å². The molecule has 3 N–H and O–H groups in total. The largest absolute Gasteiger partial charge is 0.383 e. The van der Waals surface area contributed by atoms with Crippen molar-refractivity contribution in [2.45, 2.75) is 13.8 Å². The molecule has 2 aromatic heterocycles. The average molecular weight is 266 g/mol. The maximum atomic E-state index is 5.94. The molecule has 0 aliphatic rings. The molecule has 1 aromatic carbocycles. The van der Waals surface area contributed by atoms with E-state index in [-0.39, 0.29) is 0 Å². The van der Waals surface area contributed by atoms with Crippen LogP contribution in [0.4, 0.5) is 17.7 Å². The monoisotopic (exact) mass is 266 g/mol. The van der Waals surface area contributed by atoms with Gasteiger partial charge in [0.15, 0.2) is 0 Å². The second-order valence-corrected chi connectivity index (χ2v) is 4.55. The first-order valence-corrected chi connectivity index (χ1v) is 6.23. The Balaban J connectivity index is 2.02. The molecule has 0 unspecified atom stereocenters. The first-order chi connectivity index (χ1) is 9.61. The molecule has 0 saturated carbocycles. The van der Waals surface area contributed by atoms with Gasteiger partial charge in [0.05, 0.1) is 5.52 Å². The quantitative estimate of drug-likeness (QED) is 0.740. The molecule has 20 heavy (non-hydrogen) atoms. The van der Waals surface area contributed by atoms with Crippen molar-refractivity contribution in [1.82, 2.24) is 19.9 Å². The lowest BCUT2D eigenvalue weighted by atomic mass is 10.2. The van der Waals surface area contributed by atoms with Crippen LogP contribution in [0.15, 0.2) is 30.3 Å². The number of hydrogen-bond acceptors (Lipinski definition) is 6. The molecule has 6 heteroatoms. The van der Waals surface area contributed by atoms with E-state index in [4.69, 9.17) is 5.73 Å². The Morgan fingerprint density at radius 1 is 0.900 bits per heavy atom. The summed E-state index contributed by atoms with van der Waals surface area (Å²) in [6.07, 6.45) is 0. The smallest absolute Gasteiger partial charge is 0.232 e. The van der Waals surface area contributed by atoms with Gasteiger partial charge in [-0.3, -0.25) is 5.32 Å². The zero-order chi connectivity index (χ0) is 14.1. The molecular formula is C14H14N6. The standard InChI is InChI=1S/C14H14N6/c1-8-7-9(2)17-13(16-8)20-14-18-11-6-4-3-5-10(11)12(15)19-14/h3-7H,1-2H3,(H3,15,16,17,18,19,20). The Labute approximate surface area is 116 Å². The van der Waals surface area contributed by atoms with Crippen molar-refractivity contribution >= 4 is 28.6 Å². The van der Waals surface area contributed by atoms with E-state index in [1.165, 1.54) is 0 Å². The van der Waals surface area contributed by atoms with Crippen LogP contribution in [0.3, 0.4) is 0 Å². The van der Waals surface area contributed by atoms with Crippen molar-refractivity contribution in [3.63, 3.8) is 0 Å². The lowest BCUT2D eigenvalue weighted by molar-refractivity contribution is 1.05. The van der Waals surface area contributed by atoms with Crippen LogP contribution in [0.2, 0.25) is 0 Å². The summed E-state index contributed by atoms with van der Waals surface area (Å²) in [6.45, 7) is 3.82. The minimum Gasteiger partial charge on any atom is -0.383 e. The minimum atomic E-state index is 0.395. The first-order valence-electron chi connectivity index (χ1n) is 6.23. The summed E-state index contributed by atoms with van der Waals surface area (Å²) in [5, 5.41) is 3.83. The summed E-state index contributed by atoms with van der Waals surface area (Å²) in [7, 11) is 0. The molecule has 0 aliphatic carbocycles. The zero-order valence-electron chi connectivity index (χ0n) is 11.3. The van der Waals surface area contributed by atoms with Crippen LogP contribution in [-0.2, 0) is 0 Å².